The molecule has 2 aliphatic rings. The summed E-state index contributed by atoms with van der Waals surface area (Å²) in [5, 5.41) is 4.87. The lowest BCUT2D eigenvalue weighted by atomic mass is 9.68. The summed E-state index contributed by atoms with van der Waals surface area (Å²) in [6.45, 7) is 0. The summed E-state index contributed by atoms with van der Waals surface area (Å²) in [4.78, 5) is 2.40. The summed E-state index contributed by atoms with van der Waals surface area (Å²) >= 11 is 1.86. The third kappa shape index (κ3) is 4.90. The molecule has 1 spiro atoms. The van der Waals surface area contributed by atoms with Crippen LogP contribution in [0.25, 0.3) is 86.6 Å². The first-order valence-corrected chi connectivity index (χ1v) is 22.8. The second-order valence-corrected chi connectivity index (χ2v) is 18.2. The van der Waals surface area contributed by atoms with Crippen LogP contribution >= 0.6 is 11.3 Å². The van der Waals surface area contributed by atoms with Crippen molar-refractivity contribution in [2.24, 2.45) is 0 Å². The van der Waals surface area contributed by atoms with Gasteiger partial charge in [0.2, 0.25) is 0 Å². The van der Waals surface area contributed by atoms with E-state index < -0.39 is 5.41 Å². The van der Waals surface area contributed by atoms with Crippen LogP contribution in [0.3, 0.4) is 0 Å². The Morgan fingerprint density at radius 1 is 0.359 bits per heavy atom. The van der Waals surface area contributed by atoms with E-state index in [1.165, 1.54) is 81.4 Å². The zero-order valence-corrected chi connectivity index (χ0v) is 35.4. The lowest BCUT2D eigenvalue weighted by Crippen LogP contribution is -2.26. The number of benzene rings is 10. The Bertz CT molecular complexity index is 3790. The monoisotopic (exact) mass is 831 g/mol. The Balaban J connectivity index is 1.01. The van der Waals surface area contributed by atoms with E-state index in [1.807, 2.05) is 11.3 Å². The molecule has 2 aromatic heterocycles. The first-order chi connectivity index (χ1) is 31.7. The van der Waals surface area contributed by atoms with Gasteiger partial charge in [0.1, 0.15) is 11.2 Å². The minimum absolute atomic E-state index is 0.522. The first-order valence-electron chi connectivity index (χ1n) is 22.0. The van der Waals surface area contributed by atoms with Crippen LogP contribution in [-0.2, 0) is 5.41 Å². The number of fused-ring (bicyclic) bond motifs is 16. The Morgan fingerprint density at radius 3 is 1.56 bits per heavy atom. The molecule has 0 N–H and O–H groups in total. The molecule has 0 saturated carbocycles. The smallest absolute Gasteiger partial charge is 0.136 e. The fourth-order valence-corrected chi connectivity index (χ4v) is 12.4. The third-order valence-electron chi connectivity index (χ3n) is 13.9. The first kappa shape index (κ1) is 35.6. The van der Waals surface area contributed by atoms with Gasteiger partial charge in [0.25, 0.3) is 0 Å². The maximum absolute atomic E-state index is 6.81. The zero-order chi connectivity index (χ0) is 41.9. The fraction of sp³-hybridized carbons (Fsp3) is 0.0164. The van der Waals surface area contributed by atoms with Gasteiger partial charge in [-0.15, -0.1) is 11.3 Å². The normalized spacial score (nSPS) is 13.1. The molecule has 64 heavy (non-hydrogen) atoms. The third-order valence-corrected chi connectivity index (χ3v) is 15.0. The number of para-hydroxylation sites is 1. The van der Waals surface area contributed by atoms with Gasteiger partial charge in [0.15, 0.2) is 0 Å². The molecule has 0 saturated heterocycles. The summed E-state index contributed by atoms with van der Waals surface area (Å²) in [6, 6.07) is 82.7. The van der Waals surface area contributed by atoms with Crippen LogP contribution in [0.1, 0.15) is 22.3 Å². The van der Waals surface area contributed by atoms with E-state index in [-0.39, 0.29) is 0 Å². The van der Waals surface area contributed by atoms with Gasteiger partial charge in [-0.05, 0) is 121 Å². The maximum atomic E-state index is 6.81. The second kappa shape index (κ2) is 13.5. The van der Waals surface area contributed by atoms with Crippen LogP contribution in [-0.4, -0.2) is 0 Å². The Hall–Kier alpha value is -7.98. The molecule has 2 nitrogen and oxygen atoms in total. The number of nitrogens with zero attached hydrogens (tertiary/aromatic N) is 1. The number of hydrogen-bond donors (Lipinski definition) is 0. The molecule has 2 aliphatic carbocycles. The van der Waals surface area contributed by atoms with Crippen molar-refractivity contribution in [2.75, 3.05) is 4.90 Å². The quantitative estimate of drug-likeness (QED) is 0.172. The zero-order valence-electron chi connectivity index (χ0n) is 34.6. The second-order valence-electron chi connectivity index (χ2n) is 17.1. The summed E-state index contributed by atoms with van der Waals surface area (Å²) < 4.78 is 9.39. The van der Waals surface area contributed by atoms with Gasteiger partial charge in [-0.2, -0.15) is 0 Å². The highest BCUT2D eigenvalue weighted by Crippen LogP contribution is 2.65. The maximum Gasteiger partial charge on any atom is 0.136 e. The number of anilines is 3. The predicted octanol–water partition coefficient (Wildman–Crippen LogP) is 17.1. The Labute approximate surface area is 374 Å². The van der Waals surface area contributed by atoms with Crippen molar-refractivity contribution in [1.29, 1.82) is 0 Å². The van der Waals surface area contributed by atoms with Gasteiger partial charge in [0.05, 0.1) is 5.41 Å². The van der Waals surface area contributed by atoms with E-state index in [2.05, 4.69) is 229 Å². The lowest BCUT2D eigenvalue weighted by molar-refractivity contribution is 0.669. The van der Waals surface area contributed by atoms with Gasteiger partial charge < -0.3 is 9.32 Å². The lowest BCUT2D eigenvalue weighted by Gasteiger charge is -2.32. The van der Waals surface area contributed by atoms with Gasteiger partial charge >= 0.3 is 0 Å². The van der Waals surface area contributed by atoms with Crippen molar-refractivity contribution in [3.05, 3.63) is 247 Å². The largest absolute Gasteiger partial charge is 0.456 e. The fourth-order valence-electron chi connectivity index (χ4n) is 11.3. The number of thiophene rings is 1. The predicted molar refractivity (Wildman–Crippen MR) is 268 cm³/mol. The average molecular weight is 832 g/mol. The Kier molecular flexibility index (Phi) is 7.51. The molecule has 0 radical (unpaired) electrons. The highest BCUT2D eigenvalue weighted by molar-refractivity contribution is 7.25. The standard InChI is InChI=1S/C61H37NOS/c1-2-14-38(15-3-1)39-26-30-41(31-27-39)62(43-34-35-48-47-19-8-13-25-56(47)64-57(48)36-43)42-32-28-40(29-33-42)58-59-49-20-7-12-24-54(49)63-55(59)37-50-46-18-6-11-23-53(46)61(60(50)58)51-21-9-4-16-44(51)45-17-5-10-22-52(45)61/h1-37H. The number of hydrogen-bond acceptors (Lipinski definition) is 3. The molecular weight excluding hydrogens is 795 g/mol. The van der Waals surface area contributed by atoms with Crippen molar-refractivity contribution in [3.8, 4) is 44.5 Å². The van der Waals surface area contributed by atoms with E-state index in [0.29, 0.717) is 0 Å². The molecule has 10 aromatic carbocycles. The van der Waals surface area contributed by atoms with E-state index in [0.717, 1.165) is 44.6 Å². The van der Waals surface area contributed by atoms with Crippen LogP contribution in [0.15, 0.2) is 229 Å². The molecule has 0 fully saturated rings. The van der Waals surface area contributed by atoms with Crippen LogP contribution < -0.4 is 4.90 Å². The van der Waals surface area contributed by atoms with E-state index in [1.54, 1.807) is 0 Å². The molecule has 14 rings (SSSR count). The van der Waals surface area contributed by atoms with Crippen molar-refractivity contribution in [1.82, 2.24) is 0 Å². The molecule has 0 amide bonds. The minimum atomic E-state index is -0.522. The van der Waals surface area contributed by atoms with Crippen molar-refractivity contribution in [2.45, 2.75) is 5.41 Å². The van der Waals surface area contributed by atoms with Gasteiger partial charge in [-0.1, -0.05) is 170 Å². The van der Waals surface area contributed by atoms with E-state index in [4.69, 9.17) is 4.42 Å². The molecule has 0 aliphatic heterocycles. The van der Waals surface area contributed by atoms with Gasteiger partial charge in [0, 0.05) is 48.0 Å². The molecule has 2 heterocycles. The van der Waals surface area contributed by atoms with Crippen molar-refractivity contribution >= 4 is 70.5 Å². The molecule has 298 valence electrons. The molecule has 0 atom stereocenters. The van der Waals surface area contributed by atoms with E-state index >= 15 is 0 Å². The molecule has 0 unspecified atom stereocenters. The van der Waals surface area contributed by atoms with Crippen LogP contribution in [0.5, 0.6) is 0 Å². The highest BCUT2D eigenvalue weighted by Gasteiger charge is 2.53. The number of rotatable bonds is 5. The van der Waals surface area contributed by atoms with Gasteiger partial charge in [-0.25, -0.2) is 0 Å². The van der Waals surface area contributed by atoms with Gasteiger partial charge in [-0.3, -0.25) is 0 Å². The number of furan rings is 1. The van der Waals surface area contributed by atoms with E-state index in [9.17, 15) is 0 Å². The highest BCUT2D eigenvalue weighted by atomic mass is 32.1. The molecule has 3 heteroatoms. The van der Waals surface area contributed by atoms with Crippen LogP contribution in [0.4, 0.5) is 17.1 Å². The SMILES string of the molecule is c1ccc(-c2ccc(N(c3ccc(-c4c5c(cc6oc7ccccc7c46)-c4ccccc4C54c5ccccc5-c5ccccc54)cc3)c3ccc4c(c3)sc3ccccc34)cc2)cc1. The Morgan fingerprint density at radius 2 is 0.875 bits per heavy atom. The van der Waals surface area contributed by atoms with Crippen LogP contribution in [0, 0.1) is 0 Å². The topological polar surface area (TPSA) is 16.4 Å². The minimum Gasteiger partial charge on any atom is -0.456 e. The van der Waals surface area contributed by atoms with Crippen molar-refractivity contribution in [3.63, 3.8) is 0 Å². The summed E-state index contributed by atoms with van der Waals surface area (Å²) in [5.74, 6) is 0. The molecular formula is C61H37NOS. The molecule has 12 aromatic rings. The molecule has 0 bridgehead atoms. The summed E-state index contributed by atoms with van der Waals surface area (Å²) in [5.41, 5.74) is 19.7. The summed E-state index contributed by atoms with van der Waals surface area (Å²) in [6.07, 6.45) is 0. The van der Waals surface area contributed by atoms with Crippen LogP contribution in [0.2, 0.25) is 0 Å². The van der Waals surface area contributed by atoms with Crippen molar-refractivity contribution < 1.29 is 4.42 Å². The average Bonchev–Trinajstić information content (AvgIpc) is 4.09. The summed E-state index contributed by atoms with van der Waals surface area (Å²) in [7, 11) is 0.